The largest absolute Gasteiger partial charge is 0.319 e. The lowest BCUT2D eigenvalue weighted by molar-refractivity contribution is 0.102. The van der Waals surface area contributed by atoms with Crippen LogP contribution in [0.4, 0.5) is 5.69 Å². The first-order valence-corrected chi connectivity index (χ1v) is 7.05. The van der Waals surface area contributed by atoms with Crippen LogP contribution in [0.2, 0.25) is 0 Å². The van der Waals surface area contributed by atoms with Crippen LogP contribution >= 0.6 is 15.9 Å². The highest BCUT2D eigenvalue weighted by molar-refractivity contribution is 9.10. The van der Waals surface area contributed by atoms with Crippen molar-refractivity contribution in [1.82, 2.24) is 14.8 Å². The van der Waals surface area contributed by atoms with Crippen LogP contribution in [-0.2, 0) is 0 Å². The van der Waals surface area contributed by atoms with E-state index in [1.807, 2.05) is 18.2 Å². The summed E-state index contributed by atoms with van der Waals surface area (Å²) >= 11 is 3.34. The van der Waals surface area contributed by atoms with Gasteiger partial charge in [-0.25, -0.2) is 9.67 Å². The molecule has 0 saturated heterocycles. The molecule has 2 heterocycles. The summed E-state index contributed by atoms with van der Waals surface area (Å²) in [4.78, 5) is 16.5. The van der Waals surface area contributed by atoms with E-state index in [4.69, 9.17) is 0 Å². The molecule has 3 rings (SSSR count). The van der Waals surface area contributed by atoms with Crippen molar-refractivity contribution >= 4 is 27.5 Å². The highest BCUT2D eigenvalue weighted by Gasteiger charge is 2.11. The SMILES string of the molecule is O=C(Nc1cccnc1-n1cc(Br)cn1)c1ccccc1. The average molecular weight is 343 g/mol. The predicted molar refractivity (Wildman–Crippen MR) is 83.5 cm³/mol. The average Bonchev–Trinajstić information content (AvgIpc) is 2.95. The Bertz CT molecular complexity index is 770. The second-order valence-corrected chi connectivity index (χ2v) is 5.21. The number of rotatable bonds is 3. The fourth-order valence-electron chi connectivity index (χ4n) is 1.88. The van der Waals surface area contributed by atoms with Gasteiger partial charge in [-0.15, -0.1) is 0 Å². The highest BCUT2D eigenvalue weighted by Crippen LogP contribution is 2.19. The van der Waals surface area contributed by atoms with Gasteiger partial charge in [-0.2, -0.15) is 5.10 Å². The minimum atomic E-state index is -0.184. The van der Waals surface area contributed by atoms with Crippen molar-refractivity contribution in [2.24, 2.45) is 0 Å². The van der Waals surface area contributed by atoms with Crippen LogP contribution in [0.1, 0.15) is 10.4 Å². The van der Waals surface area contributed by atoms with Crippen LogP contribution < -0.4 is 5.32 Å². The normalized spacial score (nSPS) is 10.3. The van der Waals surface area contributed by atoms with Crippen molar-refractivity contribution in [2.75, 3.05) is 5.32 Å². The molecule has 21 heavy (non-hydrogen) atoms. The van der Waals surface area contributed by atoms with E-state index in [1.165, 1.54) is 0 Å². The van der Waals surface area contributed by atoms with E-state index in [-0.39, 0.29) is 5.91 Å². The minimum absolute atomic E-state index is 0.184. The molecular formula is C15H11BrN4O. The maximum absolute atomic E-state index is 12.2. The van der Waals surface area contributed by atoms with E-state index in [0.29, 0.717) is 17.1 Å². The lowest BCUT2D eigenvalue weighted by Gasteiger charge is -2.09. The van der Waals surface area contributed by atoms with Crippen LogP contribution in [-0.4, -0.2) is 20.7 Å². The Morgan fingerprint density at radius 3 is 2.67 bits per heavy atom. The van der Waals surface area contributed by atoms with Gasteiger partial charge in [0.1, 0.15) is 0 Å². The fourth-order valence-corrected chi connectivity index (χ4v) is 2.16. The molecule has 6 heteroatoms. The second kappa shape index (κ2) is 5.88. The molecule has 0 aliphatic heterocycles. The molecule has 0 saturated carbocycles. The molecule has 0 radical (unpaired) electrons. The van der Waals surface area contributed by atoms with Crippen molar-refractivity contribution in [1.29, 1.82) is 0 Å². The van der Waals surface area contributed by atoms with Gasteiger partial charge in [0.2, 0.25) is 0 Å². The number of hydrogen-bond acceptors (Lipinski definition) is 3. The molecule has 0 bridgehead atoms. The smallest absolute Gasteiger partial charge is 0.255 e. The van der Waals surface area contributed by atoms with E-state index in [2.05, 4.69) is 31.3 Å². The van der Waals surface area contributed by atoms with E-state index in [0.717, 1.165) is 4.47 Å². The van der Waals surface area contributed by atoms with Crippen LogP contribution in [0.3, 0.4) is 0 Å². The number of halogens is 1. The van der Waals surface area contributed by atoms with Crippen LogP contribution in [0.15, 0.2) is 65.5 Å². The van der Waals surface area contributed by atoms with E-state index in [1.54, 1.807) is 47.5 Å². The number of anilines is 1. The Kier molecular flexibility index (Phi) is 3.79. The summed E-state index contributed by atoms with van der Waals surface area (Å²) < 4.78 is 2.44. The first-order chi connectivity index (χ1) is 10.2. The summed E-state index contributed by atoms with van der Waals surface area (Å²) in [5.41, 5.74) is 1.19. The third-order valence-corrected chi connectivity index (χ3v) is 3.25. The van der Waals surface area contributed by atoms with E-state index >= 15 is 0 Å². The van der Waals surface area contributed by atoms with Gasteiger partial charge in [0.05, 0.1) is 16.4 Å². The summed E-state index contributed by atoms with van der Waals surface area (Å²) in [6.45, 7) is 0. The van der Waals surface area contributed by atoms with Crippen LogP contribution in [0, 0.1) is 0 Å². The first kappa shape index (κ1) is 13.5. The number of carbonyl (C=O) groups is 1. The van der Waals surface area contributed by atoms with Crippen LogP contribution in [0.25, 0.3) is 5.82 Å². The molecule has 1 aromatic carbocycles. The molecule has 3 aromatic rings. The number of hydrogen-bond donors (Lipinski definition) is 1. The molecule has 1 N–H and O–H groups in total. The zero-order valence-corrected chi connectivity index (χ0v) is 12.5. The number of benzene rings is 1. The van der Waals surface area contributed by atoms with Gasteiger partial charge >= 0.3 is 0 Å². The topological polar surface area (TPSA) is 59.8 Å². The van der Waals surface area contributed by atoms with Gasteiger partial charge in [-0.05, 0) is 40.2 Å². The molecule has 1 amide bonds. The quantitative estimate of drug-likeness (QED) is 0.794. The molecule has 0 atom stereocenters. The van der Waals surface area contributed by atoms with Crippen molar-refractivity contribution in [2.45, 2.75) is 0 Å². The third kappa shape index (κ3) is 3.00. The highest BCUT2D eigenvalue weighted by atomic mass is 79.9. The van der Waals surface area contributed by atoms with Crippen molar-refractivity contribution < 1.29 is 4.79 Å². The summed E-state index contributed by atoms with van der Waals surface area (Å²) in [6, 6.07) is 12.6. The molecule has 2 aromatic heterocycles. The molecule has 0 aliphatic rings. The number of nitrogens with one attached hydrogen (secondary N) is 1. The Morgan fingerprint density at radius 1 is 1.14 bits per heavy atom. The van der Waals surface area contributed by atoms with E-state index < -0.39 is 0 Å². The zero-order chi connectivity index (χ0) is 14.7. The molecule has 104 valence electrons. The summed E-state index contributed by atoms with van der Waals surface area (Å²) in [5, 5.41) is 7.04. The third-order valence-electron chi connectivity index (χ3n) is 2.84. The van der Waals surface area contributed by atoms with Gasteiger partial charge in [0, 0.05) is 18.0 Å². The van der Waals surface area contributed by atoms with Gasteiger partial charge < -0.3 is 5.32 Å². The number of aromatic nitrogens is 3. The van der Waals surface area contributed by atoms with Crippen LogP contribution in [0.5, 0.6) is 0 Å². The first-order valence-electron chi connectivity index (χ1n) is 6.26. The Morgan fingerprint density at radius 2 is 1.95 bits per heavy atom. The summed E-state index contributed by atoms with van der Waals surface area (Å²) in [6.07, 6.45) is 5.10. The lowest BCUT2D eigenvalue weighted by atomic mass is 10.2. The molecule has 0 fully saturated rings. The number of nitrogens with zero attached hydrogens (tertiary/aromatic N) is 3. The number of amides is 1. The Balaban J connectivity index is 1.91. The standard InChI is InChI=1S/C15H11BrN4O/c16-12-9-18-20(10-12)14-13(7-4-8-17-14)19-15(21)11-5-2-1-3-6-11/h1-10H,(H,19,21). The summed E-state index contributed by atoms with van der Waals surface area (Å²) in [7, 11) is 0. The number of pyridine rings is 1. The zero-order valence-electron chi connectivity index (χ0n) is 10.9. The Hall–Kier alpha value is -2.47. The van der Waals surface area contributed by atoms with Gasteiger partial charge in [-0.3, -0.25) is 4.79 Å². The molecule has 0 spiro atoms. The Labute approximate surface area is 129 Å². The summed E-state index contributed by atoms with van der Waals surface area (Å²) in [5.74, 6) is 0.378. The maximum Gasteiger partial charge on any atom is 0.255 e. The fraction of sp³-hybridized carbons (Fsp3) is 0. The van der Waals surface area contributed by atoms with Gasteiger partial charge in [0.15, 0.2) is 5.82 Å². The maximum atomic E-state index is 12.2. The van der Waals surface area contributed by atoms with Crippen molar-refractivity contribution in [3.63, 3.8) is 0 Å². The monoisotopic (exact) mass is 342 g/mol. The van der Waals surface area contributed by atoms with E-state index in [9.17, 15) is 4.79 Å². The van der Waals surface area contributed by atoms with Crippen molar-refractivity contribution in [3.05, 3.63) is 71.1 Å². The second-order valence-electron chi connectivity index (χ2n) is 4.30. The minimum Gasteiger partial charge on any atom is -0.319 e. The number of carbonyl (C=O) groups excluding carboxylic acids is 1. The lowest BCUT2D eigenvalue weighted by Crippen LogP contribution is -2.14. The molecule has 0 aliphatic carbocycles. The van der Waals surface area contributed by atoms with Crippen molar-refractivity contribution in [3.8, 4) is 5.82 Å². The predicted octanol–water partition coefficient (Wildman–Crippen LogP) is 3.28. The molecular weight excluding hydrogens is 332 g/mol. The molecule has 5 nitrogen and oxygen atoms in total. The molecule has 0 unspecified atom stereocenters. The van der Waals surface area contributed by atoms with Gasteiger partial charge in [-0.1, -0.05) is 18.2 Å². The van der Waals surface area contributed by atoms with Gasteiger partial charge in [0.25, 0.3) is 5.91 Å².